The Morgan fingerprint density at radius 1 is 0.667 bits per heavy atom. The van der Waals surface area contributed by atoms with Gasteiger partial charge in [-0.3, -0.25) is 0 Å². The minimum Gasteiger partial charge on any atom is -0.343 e. The Labute approximate surface area is 179 Å². The second kappa shape index (κ2) is 5.80. The summed E-state index contributed by atoms with van der Waals surface area (Å²) in [5.41, 5.74) is 7.61. The van der Waals surface area contributed by atoms with Gasteiger partial charge in [0.1, 0.15) is 16.6 Å². The predicted octanol–water partition coefficient (Wildman–Crippen LogP) is 6.78. The standard InChI is InChI=1S/C27H18N2S/c1-2-10-18(11-3-1)29-25(26-28-23-16-8-9-17-24(23)30-26)27(29)21-14-6-4-12-19(21)20-13-5-7-15-22(20)27/h1-17,25H/t25-,29?/m1/s1. The van der Waals surface area contributed by atoms with Crippen LogP contribution in [-0.4, -0.2) is 4.98 Å². The highest BCUT2D eigenvalue weighted by molar-refractivity contribution is 7.18. The van der Waals surface area contributed by atoms with Crippen LogP contribution < -0.4 is 4.90 Å². The second-order valence-electron chi connectivity index (χ2n) is 7.99. The van der Waals surface area contributed by atoms with Crippen molar-refractivity contribution in [3.8, 4) is 11.1 Å². The molecule has 7 rings (SSSR count). The average Bonchev–Trinajstić information content (AvgIpc) is 3.18. The molecular weight excluding hydrogens is 384 g/mol. The summed E-state index contributed by atoms with van der Waals surface area (Å²) >= 11 is 1.82. The Kier molecular flexibility index (Phi) is 3.17. The first-order chi connectivity index (χ1) is 14.9. The summed E-state index contributed by atoms with van der Waals surface area (Å²) in [5, 5.41) is 1.19. The van der Waals surface area contributed by atoms with E-state index in [0.29, 0.717) is 0 Å². The van der Waals surface area contributed by atoms with E-state index < -0.39 is 0 Å². The summed E-state index contributed by atoms with van der Waals surface area (Å²) in [7, 11) is 0. The molecule has 142 valence electrons. The molecule has 0 amide bonds. The van der Waals surface area contributed by atoms with E-state index in [2.05, 4.69) is 108 Å². The zero-order chi connectivity index (χ0) is 19.7. The van der Waals surface area contributed by atoms with Gasteiger partial charge in [0.2, 0.25) is 0 Å². The third-order valence-corrected chi connectivity index (χ3v) is 7.60. The van der Waals surface area contributed by atoms with Gasteiger partial charge in [0.25, 0.3) is 0 Å². The highest BCUT2D eigenvalue weighted by Crippen LogP contribution is 2.71. The summed E-state index contributed by atoms with van der Waals surface area (Å²) in [6, 6.07) is 37.2. The van der Waals surface area contributed by atoms with Crippen molar-refractivity contribution in [1.29, 1.82) is 0 Å². The third kappa shape index (κ3) is 1.95. The number of anilines is 1. The molecule has 2 aliphatic rings. The van der Waals surface area contributed by atoms with E-state index in [1.165, 1.54) is 37.6 Å². The smallest absolute Gasteiger partial charge is 0.120 e. The fourth-order valence-electron chi connectivity index (χ4n) is 5.33. The number of rotatable bonds is 2. The molecule has 1 saturated heterocycles. The molecule has 0 N–H and O–H groups in total. The quantitative estimate of drug-likeness (QED) is 0.302. The maximum absolute atomic E-state index is 5.09. The van der Waals surface area contributed by atoms with Gasteiger partial charge in [-0.25, -0.2) is 4.98 Å². The van der Waals surface area contributed by atoms with Crippen LogP contribution in [0, 0.1) is 0 Å². The van der Waals surface area contributed by atoms with Crippen molar-refractivity contribution in [1.82, 2.24) is 4.98 Å². The van der Waals surface area contributed by atoms with Gasteiger partial charge in [-0.15, -0.1) is 11.3 Å². The lowest BCUT2D eigenvalue weighted by molar-refractivity contribution is 0.824. The van der Waals surface area contributed by atoms with Crippen LogP contribution in [0.5, 0.6) is 0 Å². The fourth-order valence-corrected chi connectivity index (χ4v) is 6.45. The second-order valence-corrected chi connectivity index (χ2v) is 9.05. The van der Waals surface area contributed by atoms with E-state index in [1.807, 2.05) is 11.3 Å². The van der Waals surface area contributed by atoms with Gasteiger partial charge in [-0.1, -0.05) is 78.9 Å². The molecule has 1 aliphatic carbocycles. The molecular formula is C27H18N2S. The van der Waals surface area contributed by atoms with Crippen LogP contribution in [0.3, 0.4) is 0 Å². The number of aromatic nitrogens is 1. The Morgan fingerprint density at radius 2 is 1.27 bits per heavy atom. The minimum atomic E-state index is -0.192. The number of para-hydroxylation sites is 2. The molecule has 0 saturated carbocycles. The van der Waals surface area contributed by atoms with Crippen molar-refractivity contribution in [2.75, 3.05) is 4.90 Å². The van der Waals surface area contributed by atoms with Crippen LogP contribution in [0.25, 0.3) is 21.3 Å². The Balaban J connectivity index is 1.53. The molecule has 1 fully saturated rings. The molecule has 1 atom stereocenters. The summed E-state index contributed by atoms with van der Waals surface area (Å²) in [4.78, 5) is 7.66. The molecule has 0 radical (unpaired) electrons. The van der Waals surface area contributed by atoms with Crippen molar-refractivity contribution >= 4 is 27.2 Å². The summed E-state index contributed by atoms with van der Waals surface area (Å²) in [6.45, 7) is 0. The Morgan fingerprint density at radius 3 is 1.97 bits per heavy atom. The number of fused-ring (bicyclic) bond motifs is 6. The highest BCUT2D eigenvalue weighted by atomic mass is 32.1. The topological polar surface area (TPSA) is 15.9 Å². The van der Waals surface area contributed by atoms with Gasteiger partial charge in [-0.2, -0.15) is 0 Å². The molecule has 5 aromatic rings. The van der Waals surface area contributed by atoms with E-state index in [0.717, 1.165) is 5.52 Å². The van der Waals surface area contributed by atoms with E-state index >= 15 is 0 Å². The van der Waals surface area contributed by atoms with Crippen LogP contribution in [0.2, 0.25) is 0 Å². The lowest BCUT2D eigenvalue weighted by atomic mass is 9.92. The first kappa shape index (κ1) is 16.4. The number of thiazole rings is 1. The van der Waals surface area contributed by atoms with Gasteiger partial charge >= 0.3 is 0 Å². The van der Waals surface area contributed by atoms with Crippen molar-refractivity contribution in [2.24, 2.45) is 0 Å². The summed E-state index contributed by atoms with van der Waals surface area (Å²) in [5.74, 6) is 0. The van der Waals surface area contributed by atoms with Crippen LogP contribution in [0.15, 0.2) is 103 Å². The van der Waals surface area contributed by atoms with Crippen LogP contribution in [0.4, 0.5) is 5.69 Å². The van der Waals surface area contributed by atoms with Crippen molar-refractivity contribution in [2.45, 2.75) is 11.6 Å². The van der Waals surface area contributed by atoms with Crippen LogP contribution in [0.1, 0.15) is 22.2 Å². The van der Waals surface area contributed by atoms with E-state index in [9.17, 15) is 0 Å². The lowest BCUT2D eigenvalue weighted by Gasteiger charge is -2.15. The van der Waals surface area contributed by atoms with Gasteiger partial charge in [0.15, 0.2) is 0 Å². The van der Waals surface area contributed by atoms with Gasteiger partial charge in [0.05, 0.1) is 10.2 Å². The minimum absolute atomic E-state index is 0.192. The third-order valence-electron chi connectivity index (χ3n) is 6.51. The van der Waals surface area contributed by atoms with Crippen molar-refractivity contribution in [3.05, 3.63) is 119 Å². The number of hydrogen-bond donors (Lipinski definition) is 0. The summed E-state index contributed by atoms with van der Waals surface area (Å²) in [6.07, 6.45) is 0. The predicted molar refractivity (Wildman–Crippen MR) is 124 cm³/mol. The number of hydrogen-bond acceptors (Lipinski definition) is 3. The maximum atomic E-state index is 5.09. The molecule has 3 heteroatoms. The molecule has 0 bridgehead atoms. The van der Waals surface area contributed by atoms with Crippen molar-refractivity contribution < 1.29 is 0 Å². The average molecular weight is 403 g/mol. The monoisotopic (exact) mass is 402 g/mol. The van der Waals surface area contributed by atoms with E-state index in [-0.39, 0.29) is 11.6 Å². The molecule has 4 aromatic carbocycles. The van der Waals surface area contributed by atoms with Gasteiger partial charge in [0, 0.05) is 5.69 Å². The molecule has 2 nitrogen and oxygen atoms in total. The van der Waals surface area contributed by atoms with Crippen LogP contribution in [-0.2, 0) is 5.54 Å². The SMILES string of the molecule is c1ccc(N2[C@H](c3nc4ccccc4s3)C23c2ccccc2-c2ccccc23)cc1. The largest absolute Gasteiger partial charge is 0.343 e. The zero-order valence-electron chi connectivity index (χ0n) is 16.2. The molecule has 1 spiro atoms. The van der Waals surface area contributed by atoms with Gasteiger partial charge in [-0.05, 0) is 46.5 Å². The molecule has 0 unspecified atom stereocenters. The van der Waals surface area contributed by atoms with E-state index in [1.54, 1.807) is 0 Å². The van der Waals surface area contributed by atoms with Crippen LogP contribution >= 0.6 is 11.3 Å². The first-order valence-corrected chi connectivity index (χ1v) is 11.1. The zero-order valence-corrected chi connectivity index (χ0v) is 17.0. The first-order valence-electron chi connectivity index (χ1n) is 10.3. The molecule has 1 aromatic heterocycles. The maximum Gasteiger partial charge on any atom is 0.120 e. The lowest BCUT2D eigenvalue weighted by Crippen LogP contribution is -2.14. The molecule has 2 heterocycles. The van der Waals surface area contributed by atoms with Gasteiger partial charge < -0.3 is 4.90 Å². The van der Waals surface area contributed by atoms with Crippen molar-refractivity contribution in [3.63, 3.8) is 0 Å². The molecule has 1 aliphatic heterocycles. The number of nitrogens with zero attached hydrogens (tertiary/aromatic N) is 2. The number of benzene rings is 4. The normalized spacial score (nSPS) is 17.9. The molecule has 30 heavy (non-hydrogen) atoms. The Bertz CT molecular complexity index is 1340. The highest BCUT2D eigenvalue weighted by Gasteiger charge is 2.70. The van der Waals surface area contributed by atoms with E-state index in [4.69, 9.17) is 4.98 Å². The Hall–Kier alpha value is -3.43. The fraction of sp³-hybridized carbons (Fsp3) is 0.0741. The summed E-state index contributed by atoms with van der Waals surface area (Å²) < 4.78 is 1.25.